The molecular formula is C22H25N5O3S. The standard InChI is InChI=1S/C22H25N5O3S/c1-16-19(25-21(30-16)17-4-6-18(29-2)7-5-17)14-31-15-20(28)26-10-12-27(13-11-26)22-23-8-3-9-24-22/h3-9H,10-15H2,1-2H3. The highest BCUT2D eigenvalue weighted by Crippen LogP contribution is 2.26. The van der Waals surface area contributed by atoms with Crippen LogP contribution in [0.5, 0.6) is 5.75 Å². The number of rotatable bonds is 7. The van der Waals surface area contributed by atoms with Gasteiger partial charge in [0.15, 0.2) is 0 Å². The smallest absolute Gasteiger partial charge is 0.232 e. The first-order valence-corrected chi connectivity index (χ1v) is 11.3. The van der Waals surface area contributed by atoms with Crippen molar-refractivity contribution < 1.29 is 13.9 Å². The van der Waals surface area contributed by atoms with E-state index < -0.39 is 0 Å². The number of hydrogen-bond acceptors (Lipinski definition) is 8. The molecule has 1 aliphatic heterocycles. The molecule has 1 saturated heterocycles. The molecule has 4 rings (SSSR count). The Kier molecular flexibility index (Phi) is 6.71. The van der Waals surface area contributed by atoms with E-state index in [1.807, 2.05) is 36.1 Å². The monoisotopic (exact) mass is 439 g/mol. The molecule has 1 aromatic carbocycles. The summed E-state index contributed by atoms with van der Waals surface area (Å²) in [5.41, 5.74) is 1.77. The van der Waals surface area contributed by atoms with Crippen LogP contribution in [-0.2, 0) is 10.5 Å². The van der Waals surface area contributed by atoms with Crippen LogP contribution in [0.3, 0.4) is 0 Å². The lowest BCUT2D eigenvalue weighted by atomic mass is 10.2. The minimum Gasteiger partial charge on any atom is -0.497 e. The Balaban J connectivity index is 1.26. The van der Waals surface area contributed by atoms with Crippen LogP contribution in [0.15, 0.2) is 47.1 Å². The number of carbonyl (C=O) groups excluding carboxylic acids is 1. The molecule has 3 aromatic rings. The van der Waals surface area contributed by atoms with Crippen molar-refractivity contribution in [3.8, 4) is 17.2 Å². The van der Waals surface area contributed by atoms with Gasteiger partial charge in [-0.1, -0.05) is 0 Å². The van der Waals surface area contributed by atoms with Crippen LogP contribution in [0.2, 0.25) is 0 Å². The Bertz CT molecular complexity index is 1000. The Morgan fingerprint density at radius 3 is 2.52 bits per heavy atom. The molecule has 2 aromatic heterocycles. The Morgan fingerprint density at radius 1 is 1.13 bits per heavy atom. The van der Waals surface area contributed by atoms with Gasteiger partial charge in [0.25, 0.3) is 0 Å². The molecule has 31 heavy (non-hydrogen) atoms. The predicted molar refractivity (Wildman–Crippen MR) is 120 cm³/mol. The lowest BCUT2D eigenvalue weighted by Gasteiger charge is -2.34. The molecule has 0 spiro atoms. The van der Waals surface area contributed by atoms with E-state index in [1.165, 1.54) is 0 Å². The van der Waals surface area contributed by atoms with E-state index in [4.69, 9.17) is 9.15 Å². The van der Waals surface area contributed by atoms with Gasteiger partial charge in [-0.3, -0.25) is 4.79 Å². The van der Waals surface area contributed by atoms with Gasteiger partial charge in [-0.25, -0.2) is 15.0 Å². The number of benzene rings is 1. The Hall–Kier alpha value is -3.07. The first kappa shape index (κ1) is 21.2. The average molecular weight is 440 g/mol. The lowest BCUT2D eigenvalue weighted by molar-refractivity contribution is -0.128. The Labute approximate surface area is 185 Å². The zero-order valence-corrected chi connectivity index (χ0v) is 18.5. The highest BCUT2D eigenvalue weighted by atomic mass is 32.2. The van der Waals surface area contributed by atoms with Crippen LogP contribution < -0.4 is 9.64 Å². The van der Waals surface area contributed by atoms with Gasteiger partial charge < -0.3 is 19.0 Å². The van der Waals surface area contributed by atoms with Crippen molar-refractivity contribution in [2.45, 2.75) is 12.7 Å². The van der Waals surface area contributed by atoms with Crippen molar-refractivity contribution in [3.63, 3.8) is 0 Å². The van der Waals surface area contributed by atoms with Crippen LogP contribution >= 0.6 is 11.8 Å². The van der Waals surface area contributed by atoms with Crippen LogP contribution in [-0.4, -0.2) is 64.8 Å². The number of piperazine rings is 1. The second kappa shape index (κ2) is 9.82. The topological polar surface area (TPSA) is 84.6 Å². The minimum atomic E-state index is 0.148. The van der Waals surface area contributed by atoms with Gasteiger partial charge >= 0.3 is 0 Å². The van der Waals surface area contributed by atoms with Gasteiger partial charge in [-0.15, -0.1) is 11.8 Å². The SMILES string of the molecule is COc1ccc(-c2nc(CSCC(=O)N3CCN(c4ncccn4)CC3)c(C)o2)cc1. The van der Waals surface area contributed by atoms with Crippen molar-refractivity contribution in [1.82, 2.24) is 19.9 Å². The maximum Gasteiger partial charge on any atom is 0.232 e. The normalized spacial score (nSPS) is 14.0. The number of anilines is 1. The number of thioether (sulfide) groups is 1. The molecule has 0 unspecified atom stereocenters. The van der Waals surface area contributed by atoms with Crippen molar-refractivity contribution in [2.75, 3.05) is 43.9 Å². The molecule has 162 valence electrons. The first-order valence-electron chi connectivity index (χ1n) is 10.1. The molecule has 0 N–H and O–H groups in total. The summed E-state index contributed by atoms with van der Waals surface area (Å²) in [6.45, 7) is 4.76. The number of carbonyl (C=O) groups is 1. The summed E-state index contributed by atoms with van der Waals surface area (Å²) in [5.74, 6) is 4.08. The van der Waals surface area contributed by atoms with Crippen LogP contribution in [0, 0.1) is 6.92 Å². The maximum absolute atomic E-state index is 12.6. The maximum atomic E-state index is 12.6. The van der Waals surface area contributed by atoms with Crippen molar-refractivity contribution in [1.29, 1.82) is 0 Å². The number of ether oxygens (including phenoxy) is 1. The van der Waals surface area contributed by atoms with E-state index in [2.05, 4.69) is 19.9 Å². The van der Waals surface area contributed by atoms with Gasteiger partial charge in [-0.05, 0) is 37.3 Å². The molecule has 0 radical (unpaired) electrons. The second-order valence-electron chi connectivity index (χ2n) is 7.16. The molecule has 8 nitrogen and oxygen atoms in total. The lowest BCUT2D eigenvalue weighted by Crippen LogP contribution is -2.49. The number of amides is 1. The fourth-order valence-electron chi connectivity index (χ4n) is 3.36. The van der Waals surface area contributed by atoms with E-state index in [0.29, 0.717) is 30.5 Å². The predicted octanol–water partition coefficient (Wildman–Crippen LogP) is 3.03. The Morgan fingerprint density at radius 2 is 1.84 bits per heavy atom. The first-order chi connectivity index (χ1) is 15.1. The van der Waals surface area contributed by atoms with Crippen LogP contribution in [0.4, 0.5) is 5.95 Å². The fourth-order valence-corrected chi connectivity index (χ4v) is 4.28. The molecule has 1 amide bonds. The summed E-state index contributed by atoms with van der Waals surface area (Å²) in [6, 6.07) is 9.41. The van der Waals surface area contributed by atoms with Gasteiger partial charge in [0, 0.05) is 49.9 Å². The van der Waals surface area contributed by atoms with E-state index >= 15 is 0 Å². The summed E-state index contributed by atoms with van der Waals surface area (Å²) in [6.07, 6.45) is 3.48. The highest BCUT2D eigenvalue weighted by molar-refractivity contribution is 7.99. The zero-order valence-electron chi connectivity index (χ0n) is 17.7. The second-order valence-corrected chi connectivity index (χ2v) is 8.15. The summed E-state index contributed by atoms with van der Waals surface area (Å²) in [5, 5.41) is 0. The number of aryl methyl sites for hydroxylation is 1. The summed E-state index contributed by atoms with van der Waals surface area (Å²) in [7, 11) is 1.64. The quantitative estimate of drug-likeness (QED) is 0.555. The highest BCUT2D eigenvalue weighted by Gasteiger charge is 2.22. The average Bonchev–Trinajstić information content (AvgIpc) is 3.20. The number of aromatic nitrogens is 3. The number of nitrogens with zero attached hydrogens (tertiary/aromatic N) is 5. The molecule has 0 bridgehead atoms. The third-order valence-electron chi connectivity index (χ3n) is 5.16. The number of hydrogen-bond donors (Lipinski definition) is 0. The molecular weight excluding hydrogens is 414 g/mol. The number of oxazole rings is 1. The largest absolute Gasteiger partial charge is 0.497 e. The van der Waals surface area contributed by atoms with E-state index in [-0.39, 0.29) is 5.91 Å². The summed E-state index contributed by atoms with van der Waals surface area (Å²) < 4.78 is 11.0. The molecule has 9 heteroatoms. The third-order valence-corrected chi connectivity index (χ3v) is 6.09. The van der Waals surface area contributed by atoms with E-state index in [0.717, 1.165) is 41.8 Å². The minimum absolute atomic E-state index is 0.148. The molecule has 0 saturated carbocycles. The number of methoxy groups -OCH3 is 1. The molecule has 1 aliphatic rings. The molecule has 0 atom stereocenters. The molecule has 0 aliphatic carbocycles. The van der Waals surface area contributed by atoms with Crippen LogP contribution in [0.1, 0.15) is 11.5 Å². The third kappa shape index (κ3) is 5.16. The van der Waals surface area contributed by atoms with E-state index in [9.17, 15) is 4.79 Å². The van der Waals surface area contributed by atoms with Crippen molar-refractivity contribution in [2.24, 2.45) is 0 Å². The van der Waals surface area contributed by atoms with Gasteiger partial charge in [0.1, 0.15) is 11.5 Å². The fraction of sp³-hybridized carbons (Fsp3) is 0.364. The van der Waals surface area contributed by atoms with Gasteiger partial charge in [0.05, 0.1) is 18.6 Å². The summed E-state index contributed by atoms with van der Waals surface area (Å²) >= 11 is 1.56. The van der Waals surface area contributed by atoms with Gasteiger partial charge in [-0.2, -0.15) is 0 Å². The summed E-state index contributed by atoms with van der Waals surface area (Å²) in [4.78, 5) is 29.8. The molecule has 3 heterocycles. The van der Waals surface area contributed by atoms with Crippen molar-refractivity contribution in [3.05, 3.63) is 54.2 Å². The van der Waals surface area contributed by atoms with E-state index in [1.54, 1.807) is 37.3 Å². The molecule has 1 fully saturated rings. The van der Waals surface area contributed by atoms with Crippen LogP contribution in [0.25, 0.3) is 11.5 Å². The van der Waals surface area contributed by atoms with Gasteiger partial charge in [0.2, 0.25) is 17.7 Å². The van der Waals surface area contributed by atoms with Crippen molar-refractivity contribution >= 4 is 23.6 Å². The zero-order chi connectivity index (χ0) is 21.6.